The van der Waals surface area contributed by atoms with Gasteiger partial charge in [0.15, 0.2) is 0 Å². The summed E-state index contributed by atoms with van der Waals surface area (Å²) in [4.78, 5) is 14.5. The van der Waals surface area contributed by atoms with Gasteiger partial charge >= 0.3 is 0 Å². The van der Waals surface area contributed by atoms with E-state index in [9.17, 15) is 4.79 Å². The maximum atomic E-state index is 12.6. The zero-order valence-corrected chi connectivity index (χ0v) is 16.8. The van der Waals surface area contributed by atoms with E-state index < -0.39 is 0 Å². The van der Waals surface area contributed by atoms with Crippen molar-refractivity contribution in [3.63, 3.8) is 0 Å². The Labute approximate surface area is 167 Å². The molecular weight excluding hydrogens is 346 g/mol. The number of rotatable bonds is 4. The van der Waals surface area contributed by atoms with Gasteiger partial charge in [0.05, 0.1) is 5.54 Å². The quantitative estimate of drug-likeness (QED) is 0.844. The topological polar surface area (TPSA) is 44.4 Å². The van der Waals surface area contributed by atoms with Crippen LogP contribution in [-0.4, -0.2) is 42.5 Å². The summed E-state index contributed by atoms with van der Waals surface area (Å²) in [5.74, 6) is 0.101. The highest BCUT2D eigenvalue weighted by Gasteiger charge is 2.34. The van der Waals surface area contributed by atoms with Crippen LogP contribution in [0.25, 0.3) is 5.57 Å². The van der Waals surface area contributed by atoms with E-state index in [0.29, 0.717) is 0 Å². The summed E-state index contributed by atoms with van der Waals surface area (Å²) in [6.07, 6.45) is 4.68. The van der Waals surface area contributed by atoms with Gasteiger partial charge in [-0.2, -0.15) is 0 Å². The third kappa shape index (κ3) is 3.45. The molecule has 0 aliphatic carbocycles. The molecule has 1 amide bonds. The first-order valence-electron chi connectivity index (χ1n) is 10.4. The molecule has 4 heteroatoms. The average molecular weight is 376 g/mol. The Hall–Kier alpha value is -2.59. The average Bonchev–Trinajstić information content (AvgIpc) is 2.74. The first-order chi connectivity index (χ1) is 13.7. The minimum absolute atomic E-state index is 0.0440. The number of para-hydroxylation sites is 1. The smallest absolute Gasteiger partial charge is 0.253 e. The van der Waals surface area contributed by atoms with Crippen LogP contribution in [0.1, 0.15) is 48.2 Å². The van der Waals surface area contributed by atoms with E-state index in [4.69, 9.17) is 0 Å². The van der Waals surface area contributed by atoms with Crippen LogP contribution in [0, 0.1) is 0 Å². The van der Waals surface area contributed by atoms with Gasteiger partial charge in [0.25, 0.3) is 5.91 Å². The van der Waals surface area contributed by atoms with Crippen molar-refractivity contribution < 1.29 is 4.79 Å². The van der Waals surface area contributed by atoms with Gasteiger partial charge in [0.1, 0.15) is 0 Å². The van der Waals surface area contributed by atoms with Gasteiger partial charge < -0.3 is 15.5 Å². The van der Waals surface area contributed by atoms with E-state index in [1.165, 1.54) is 16.8 Å². The summed E-state index contributed by atoms with van der Waals surface area (Å²) in [5.41, 5.74) is 5.53. The third-order valence-electron chi connectivity index (χ3n) is 5.93. The van der Waals surface area contributed by atoms with Crippen LogP contribution in [0.15, 0.2) is 54.6 Å². The lowest BCUT2D eigenvalue weighted by Gasteiger charge is -2.41. The SMILES string of the molecule is CCN(CC)C(=O)c1ccc(C2=CC3(CCCNC3)Nc3ccccc32)cc1. The number of benzene rings is 2. The second kappa shape index (κ2) is 7.80. The van der Waals surface area contributed by atoms with E-state index in [2.05, 4.69) is 53.1 Å². The molecule has 1 spiro atoms. The van der Waals surface area contributed by atoms with Gasteiger partial charge in [-0.3, -0.25) is 4.79 Å². The summed E-state index contributed by atoms with van der Waals surface area (Å²) >= 11 is 0. The maximum Gasteiger partial charge on any atom is 0.253 e. The Morgan fingerprint density at radius 2 is 1.82 bits per heavy atom. The van der Waals surface area contributed by atoms with Crippen LogP contribution in [-0.2, 0) is 0 Å². The predicted molar refractivity (Wildman–Crippen MR) is 116 cm³/mol. The standard InChI is InChI=1S/C24H29N3O/c1-3-27(4-2)23(28)19-12-10-18(11-13-19)21-16-24(14-7-15-25-17-24)26-22-9-6-5-8-20(21)22/h5-6,8-13,16,25-26H,3-4,7,14-15,17H2,1-2H3. The zero-order valence-electron chi connectivity index (χ0n) is 16.8. The third-order valence-corrected chi connectivity index (χ3v) is 5.93. The number of hydrogen-bond donors (Lipinski definition) is 2. The molecule has 2 aromatic carbocycles. The number of fused-ring (bicyclic) bond motifs is 1. The minimum atomic E-state index is -0.0440. The van der Waals surface area contributed by atoms with E-state index >= 15 is 0 Å². The molecule has 0 bridgehead atoms. The second-order valence-electron chi connectivity index (χ2n) is 7.72. The van der Waals surface area contributed by atoms with E-state index in [-0.39, 0.29) is 11.4 Å². The largest absolute Gasteiger partial charge is 0.374 e. The summed E-state index contributed by atoms with van der Waals surface area (Å²) < 4.78 is 0. The zero-order chi connectivity index (χ0) is 19.6. The van der Waals surface area contributed by atoms with Crippen molar-refractivity contribution in [1.82, 2.24) is 10.2 Å². The molecule has 2 aromatic rings. The molecule has 28 heavy (non-hydrogen) atoms. The molecule has 1 atom stereocenters. The van der Waals surface area contributed by atoms with Crippen LogP contribution < -0.4 is 10.6 Å². The van der Waals surface area contributed by atoms with Crippen molar-refractivity contribution in [2.75, 3.05) is 31.5 Å². The fraction of sp³-hybridized carbons (Fsp3) is 0.375. The molecule has 4 nitrogen and oxygen atoms in total. The molecule has 0 aromatic heterocycles. The van der Waals surface area contributed by atoms with Crippen LogP contribution in [0.5, 0.6) is 0 Å². The van der Waals surface area contributed by atoms with Crippen LogP contribution >= 0.6 is 0 Å². The van der Waals surface area contributed by atoms with E-state index in [0.717, 1.165) is 50.1 Å². The number of carbonyl (C=O) groups excluding carboxylic acids is 1. The van der Waals surface area contributed by atoms with Gasteiger partial charge in [0.2, 0.25) is 0 Å². The van der Waals surface area contributed by atoms with Crippen molar-refractivity contribution >= 4 is 17.2 Å². The van der Waals surface area contributed by atoms with Crippen molar-refractivity contribution in [3.8, 4) is 0 Å². The molecule has 2 aliphatic rings. The number of amides is 1. The summed E-state index contributed by atoms with van der Waals surface area (Å²) in [7, 11) is 0. The van der Waals surface area contributed by atoms with Crippen molar-refractivity contribution in [1.29, 1.82) is 0 Å². The van der Waals surface area contributed by atoms with Crippen LogP contribution in [0.4, 0.5) is 5.69 Å². The first-order valence-corrected chi connectivity index (χ1v) is 10.4. The predicted octanol–water partition coefficient (Wildman–Crippen LogP) is 4.15. The van der Waals surface area contributed by atoms with Crippen LogP contribution in [0.3, 0.4) is 0 Å². The molecule has 1 unspecified atom stereocenters. The molecule has 2 aliphatic heterocycles. The number of hydrogen-bond acceptors (Lipinski definition) is 3. The normalized spacial score (nSPS) is 20.9. The molecule has 0 saturated carbocycles. The van der Waals surface area contributed by atoms with Gasteiger partial charge in [-0.25, -0.2) is 0 Å². The maximum absolute atomic E-state index is 12.6. The summed E-state index contributed by atoms with van der Waals surface area (Å²) in [5, 5.41) is 7.31. The van der Waals surface area contributed by atoms with E-state index in [1.807, 2.05) is 30.9 Å². The lowest BCUT2D eigenvalue weighted by atomic mass is 9.80. The molecule has 2 N–H and O–H groups in total. The fourth-order valence-corrected chi connectivity index (χ4v) is 4.37. The lowest BCUT2D eigenvalue weighted by molar-refractivity contribution is 0.0773. The van der Waals surface area contributed by atoms with Gasteiger partial charge in [0, 0.05) is 36.4 Å². The minimum Gasteiger partial charge on any atom is -0.374 e. The van der Waals surface area contributed by atoms with Crippen LogP contribution in [0.2, 0.25) is 0 Å². The number of carbonyl (C=O) groups is 1. The monoisotopic (exact) mass is 375 g/mol. The highest BCUT2D eigenvalue weighted by atomic mass is 16.2. The van der Waals surface area contributed by atoms with Gasteiger partial charge in [-0.05, 0) is 68.6 Å². The highest BCUT2D eigenvalue weighted by molar-refractivity contribution is 5.95. The Balaban J connectivity index is 1.71. The Kier molecular flexibility index (Phi) is 5.23. The molecule has 0 radical (unpaired) electrons. The Morgan fingerprint density at radius 3 is 2.50 bits per heavy atom. The number of nitrogens with one attached hydrogen (secondary N) is 2. The molecule has 146 valence electrons. The second-order valence-corrected chi connectivity index (χ2v) is 7.72. The first kappa shape index (κ1) is 18.8. The number of anilines is 1. The molecule has 1 fully saturated rings. The molecule has 2 heterocycles. The summed E-state index contributed by atoms with van der Waals surface area (Å²) in [6, 6.07) is 16.6. The molecule has 1 saturated heterocycles. The fourth-order valence-electron chi connectivity index (χ4n) is 4.37. The molecular formula is C24H29N3O. The number of nitrogens with zero attached hydrogens (tertiary/aromatic N) is 1. The van der Waals surface area contributed by atoms with Crippen molar-refractivity contribution in [2.24, 2.45) is 0 Å². The van der Waals surface area contributed by atoms with Gasteiger partial charge in [-0.15, -0.1) is 0 Å². The highest BCUT2D eigenvalue weighted by Crippen LogP contribution is 2.39. The van der Waals surface area contributed by atoms with Gasteiger partial charge in [-0.1, -0.05) is 30.3 Å². The number of piperidine rings is 1. The lowest BCUT2D eigenvalue weighted by Crippen LogP contribution is -2.51. The van der Waals surface area contributed by atoms with Crippen molar-refractivity contribution in [3.05, 3.63) is 71.3 Å². The van der Waals surface area contributed by atoms with Crippen molar-refractivity contribution in [2.45, 2.75) is 32.2 Å². The summed E-state index contributed by atoms with van der Waals surface area (Å²) in [6.45, 7) is 7.52. The van der Waals surface area contributed by atoms with E-state index in [1.54, 1.807) is 0 Å². The Morgan fingerprint density at radius 1 is 1.07 bits per heavy atom. The Bertz CT molecular complexity index is 875. The molecule has 4 rings (SSSR count).